The molecule has 5 heteroatoms. The normalized spacial score (nSPS) is 10.1. The molecule has 0 radical (unpaired) electrons. The molecule has 0 fully saturated rings. The molecule has 3 N–H and O–H groups in total. The van der Waals surface area contributed by atoms with Crippen LogP contribution in [0.1, 0.15) is 10.4 Å². The third-order valence-corrected chi connectivity index (χ3v) is 1.96. The smallest absolute Gasteiger partial charge is 0.258 e. The number of hydrogen-bond acceptors (Lipinski definition) is 3. The maximum atomic E-state index is 13.0. The van der Waals surface area contributed by atoms with Crippen molar-refractivity contribution >= 4 is 17.3 Å². The van der Waals surface area contributed by atoms with Gasteiger partial charge in [0.15, 0.2) is 0 Å². The average Bonchev–Trinajstić information content (AvgIpc) is 2.68. The fourth-order valence-electron chi connectivity index (χ4n) is 1.28. The minimum Gasteiger partial charge on any atom is -0.472 e. The van der Waals surface area contributed by atoms with Crippen LogP contribution < -0.4 is 11.1 Å². The Balaban J connectivity index is 2.18. The van der Waals surface area contributed by atoms with Crippen molar-refractivity contribution in [2.24, 2.45) is 0 Å². The summed E-state index contributed by atoms with van der Waals surface area (Å²) in [6.45, 7) is 0. The van der Waals surface area contributed by atoms with E-state index < -0.39 is 5.82 Å². The quantitative estimate of drug-likeness (QED) is 0.762. The van der Waals surface area contributed by atoms with Gasteiger partial charge in [0.05, 0.1) is 11.8 Å². The van der Waals surface area contributed by atoms with E-state index in [1.807, 2.05) is 0 Å². The average molecular weight is 220 g/mol. The predicted octanol–water partition coefficient (Wildman–Crippen LogP) is 2.25. The zero-order chi connectivity index (χ0) is 11.5. The second kappa shape index (κ2) is 4.06. The summed E-state index contributed by atoms with van der Waals surface area (Å²) >= 11 is 0. The van der Waals surface area contributed by atoms with Gasteiger partial charge < -0.3 is 15.5 Å². The number of anilines is 2. The van der Waals surface area contributed by atoms with E-state index in [0.29, 0.717) is 11.3 Å². The minimum atomic E-state index is -0.498. The number of nitrogen functional groups attached to an aromatic ring is 1. The van der Waals surface area contributed by atoms with E-state index in [1.165, 1.54) is 36.8 Å². The molecule has 16 heavy (non-hydrogen) atoms. The Morgan fingerprint density at radius 1 is 1.38 bits per heavy atom. The Morgan fingerprint density at radius 3 is 2.81 bits per heavy atom. The van der Waals surface area contributed by atoms with Crippen LogP contribution in [0.3, 0.4) is 0 Å². The van der Waals surface area contributed by atoms with Gasteiger partial charge in [0.1, 0.15) is 12.1 Å². The van der Waals surface area contributed by atoms with Crippen LogP contribution in [0.25, 0.3) is 0 Å². The third-order valence-electron chi connectivity index (χ3n) is 1.96. The number of nitrogens with one attached hydrogen (secondary N) is 1. The summed E-state index contributed by atoms with van der Waals surface area (Å²) in [5.41, 5.74) is 6.37. The highest BCUT2D eigenvalue weighted by atomic mass is 19.1. The van der Waals surface area contributed by atoms with E-state index in [9.17, 15) is 9.18 Å². The number of carbonyl (C=O) groups excluding carboxylic acids is 1. The van der Waals surface area contributed by atoms with Crippen molar-refractivity contribution in [2.75, 3.05) is 11.1 Å². The monoisotopic (exact) mass is 220 g/mol. The zero-order valence-corrected chi connectivity index (χ0v) is 8.24. The lowest BCUT2D eigenvalue weighted by molar-refractivity contribution is 0.102. The summed E-state index contributed by atoms with van der Waals surface area (Å²) < 4.78 is 17.7. The molecule has 1 heterocycles. The molecule has 82 valence electrons. The fourth-order valence-corrected chi connectivity index (χ4v) is 1.28. The summed E-state index contributed by atoms with van der Waals surface area (Å²) in [6, 6.07) is 5.35. The lowest BCUT2D eigenvalue weighted by atomic mass is 10.2. The van der Waals surface area contributed by atoms with E-state index >= 15 is 0 Å². The first-order valence-electron chi connectivity index (χ1n) is 4.55. The number of amides is 1. The first-order valence-corrected chi connectivity index (χ1v) is 4.55. The highest BCUT2D eigenvalue weighted by Gasteiger charge is 2.08. The summed E-state index contributed by atoms with van der Waals surface area (Å²) in [6.07, 6.45) is 2.69. The van der Waals surface area contributed by atoms with Crippen molar-refractivity contribution < 1.29 is 13.6 Å². The first kappa shape index (κ1) is 10.2. The predicted molar refractivity (Wildman–Crippen MR) is 57.5 cm³/mol. The summed E-state index contributed by atoms with van der Waals surface area (Å²) in [4.78, 5) is 11.6. The van der Waals surface area contributed by atoms with Crippen LogP contribution in [0.15, 0.2) is 41.2 Å². The van der Waals surface area contributed by atoms with E-state index in [0.717, 1.165) is 0 Å². The van der Waals surface area contributed by atoms with Crippen LogP contribution in [0.5, 0.6) is 0 Å². The highest BCUT2D eigenvalue weighted by Crippen LogP contribution is 2.16. The van der Waals surface area contributed by atoms with Crippen LogP contribution in [-0.4, -0.2) is 5.91 Å². The van der Waals surface area contributed by atoms with Crippen LogP contribution in [0.4, 0.5) is 15.8 Å². The summed E-state index contributed by atoms with van der Waals surface area (Å²) in [5, 5.41) is 2.51. The number of furan rings is 1. The van der Waals surface area contributed by atoms with Gasteiger partial charge in [-0.1, -0.05) is 0 Å². The fraction of sp³-hybridized carbons (Fsp3) is 0. The topological polar surface area (TPSA) is 68.3 Å². The molecule has 0 aliphatic heterocycles. The molecule has 0 saturated heterocycles. The van der Waals surface area contributed by atoms with Crippen molar-refractivity contribution in [2.45, 2.75) is 0 Å². The van der Waals surface area contributed by atoms with Gasteiger partial charge >= 0.3 is 0 Å². The molecule has 0 saturated carbocycles. The number of rotatable bonds is 2. The van der Waals surface area contributed by atoms with Crippen LogP contribution in [0, 0.1) is 5.82 Å². The summed E-state index contributed by atoms with van der Waals surface area (Å²) in [7, 11) is 0. The molecule has 0 aliphatic rings. The standard InChI is InChI=1S/C11H9FN2O2/c12-8-3-9(13)5-10(4-8)14-11(15)7-1-2-16-6-7/h1-6H,13H2,(H,14,15). The van der Waals surface area contributed by atoms with E-state index in [1.54, 1.807) is 0 Å². The van der Waals surface area contributed by atoms with E-state index in [2.05, 4.69) is 5.32 Å². The van der Waals surface area contributed by atoms with Gasteiger partial charge in [-0.3, -0.25) is 4.79 Å². The second-order valence-electron chi connectivity index (χ2n) is 3.24. The SMILES string of the molecule is Nc1cc(F)cc(NC(=O)c2ccoc2)c1. The van der Waals surface area contributed by atoms with Crippen molar-refractivity contribution in [1.29, 1.82) is 0 Å². The Kier molecular flexibility index (Phi) is 2.59. The second-order valence-corrected chi connectivity index (χ2v) is 3.24. The molecule has 1 amide bonds. The molecule has 0 atom stereocenters. The molecule has 0 bridgehead atoms. The lowest BCUT2D eigenvalue weighted by Gasteiger charge is -2.04. The Labute approximate surface area is 90.9 Å². The Morgan fingerprint density at radius 2 is 2.19 bits per heavy atom. The molecule has 0 spiro atoms. The largest absolute Gasteiger partial charge is 0.472 e. The zero-order valence-electron chi connectivity index (χ0n) is 8.24. The molecule has 0 unspecified atom stereocenters. The molecule has 0 aliphatic carbocycles. The number of benzene rings is 1. The van der Waals surface area contributed by atoms with E-state index in [-0.39, 0.29) is 11.6 Å². The maximum absolute atomic E-state index is 13.0. The van der Waals surface area contributed by atoms with Crippen molar-refractivity contribution in [3.63, 3.8) is 0 Å². The van der Waals surface area contributed by atoms with Crippen molar-refractivity contribution in [3.05, 3.63) is 48.2 Å². The van der Waals surface area contributed by atoms with Gasteiger partial charge in [-0.05, 0) is 24.3 Å². The number of nitrogens with two attached hydrogens (primary N) is 1. The van der Waals surface area contributed by atoms with Gasteiger partial charge in [0, 0.05) is 11.4 Å². The maximum Gasteiger partial charge on any atom is 0.258 e. The molecule has 1 aromatic heterocycles. The van der Waals surface area contributed by atoms with Crippen molar-refractivity contribution in [3.8, 4) is 0 Å². The van der Waals surface area contributed by atoms with Crippen LogP contribution in [0.2, 0.25) is 0 Å². The Hall–Kier alpha value is -2.30. The van der Waals surface area contributed by atoms with Gasteiger partial charge in [0.2, 0.25) is 0 Å². The van der Waals surface area contributed by atoms with Crippen LogP contribution in [-0.2, 0) is 0 Å². The number of carbonyl (C=O) groups is 1. The van der Waals surface area contributed by atoms with Crippen molar-refractivity contribution in [1.82, 2.24) is 0 Å². The van der Waals surface area contributed by atoms with Gasteiger partial charge in [-0.2, -0.15) is 0 Å². The van der Waals surface area contributed by atoms with Gasteiger partial charge in [-0.25, -0.2) is 4.39 Å². The molecular formula is C11H9FN2O2. The minimum absolute atomic E-state index is 0.252. The molecule has 2 aromatic rings. The van der Waals surface area contributed by atoms with Gasteiger partial charge in [-0.15, -0.1) is 0 Å². The Bertz CT molecular complexity index is 488. The first-order chi connectivity index (χ1) is 7.65. The molecule has 2 rings (SSSR count). The van der Waals surface area contributed by atoms with Crippen LogP contribution >= 0.6 is 0 Å². The third kappa shape index (κ3) is 2.20. The van der Waals surface area contributed by atoms with E-state index in [4.69, 9.17) is 10.2 Å². The van der Waals surface area contributed by atoms with Gasteiger partial charge in [0.25, 0.3) is 5.91 Å². The molecule has 4 nitrogen and oxygen atoms in total. The lowest BCUT2D eigenvalue weighted by Crippen LogP contribution is -2.11. The molecular weight excluding hydrogens is 211 g/mol. The molecule has 1 aromatic carbocycles. The highest BCUT2D eigenvalue weighted by molar-refractivity contribution is 6.04. The summed E-state index contributed by atoms with van der Waals surface area (Å²) in [5.74, 6) is -0.874. The number of hydrogen-bond donors (Lipinski definition) is 2. The number of halogens is 1.